The van der Waals surface area contributed by atoms with Gasteiger partial charge in [0.15, 0.2) is 23.1 Å². The summed E-state index contributed by atoms with van der Waals surface area (Å²) < 4.78 is 5.60. The predicted molar refractivity (Wildman–Crippen MR) is 146 cm³/mol. The SMILES string of the molecule is CCOc1cc(C2C3=CCC4C(=O)N(c5cccc(C(=O)O)c5)C(=O)C4C3CC3=C2C(=O)C(C)=CC3=O)ccc1O. The Morgan fingerprint density at radius 3 is 2.56 bits per heavy atom. The van der Waals surface area contributed by atoms with Crippen LogP contribution in [-0.4, -0.2) is 46.2 Å². The number of aromatic hydroxyl groups is 1. The number of carbonyl (C=O) groups is 5. The first-order valence-corrected chi connectivity index (χ1v) is 13.5. The molecule has 208 valence electrons. The number of phenols is 1. The number of carboxylic acid groups (broad SMARTS) is 1. The lowest BCUT2D eigenvalue weighted by Gasteiger charge is -2.42. The Morgan fingerprint density at radius 1 is 1.05 bits per heavy atom. The van der Waals surface area contributed by atoms with Crippen molar-refractivity contribution in [3.8, 4) is 11.5 Å². The molecule has 2 aromatic carbocycles. The molecule has 4 unspecified atom stereocenters. The van der Waals surface area contributed by atoms with Gasteiger partial charge in [0.05, 0.1) is 29.7 Å². The summed E-state index contributed by atoms with van der Waals surface area (Å²) in [6.07, 6.45) is 3.61. The van der Waals surface area contributed by atoms with E-state index in [1.165, 1.54) is 36.4 Å². The standard InChI is InChI=1S/C32H27NO8/c1-3-41-25-13-16(7-10-23(25)34)26-19-8-9-20-27(21(19)14-22-24(35)11-15(2)29(36)28(22)26)31(38)33(30(20)37)18-6-4-5-17(12-18)32(39)40/h4-8,10-13,20-21,26-27,34H,3,9,14H2,1-2H3,(H,39,40). The number of ketones is 2. The van der Waals surface area contributed by atoms with Crippen LogP contribution in [0.4, 0.5) is 5.69 Å². The van der Waals surface area contributed by atoms with Crippen LogP contribution < -0.4 is 9.64 Å². The van der Waals surface area contributed by atoms with E-state index in [4.69, 9.17) is 4.74 Å². The Bertz CT molecular complexity index is 1660. The molecule has 9 nitrogen and oxygen atoms in total. The van der Waals surface area contributed by atoms with Crippen molar-refractivity contribution >= 4 is 35.0 Å². The summed E-state index contributed by atoms with van der Waals surface area (Å²) in [7, 11) is 0. The first-order valence-electron chi connectivity index (χ1n) is 13.5. The molecule has 1 heterocycles. The zero-order valence-electron chi connectivity index (χ0n) is 22.4. The summed E-state index contributed by atoms with van der Waals surface area (Å²) in [4.78, 5) is 67.0. The summed E-state index contributed by atoms with van der Waals surface area (Å²) in [5, 5.41) is 19.8. The van der Waals surface area contributed by atoms with E-state index in [0.717, 1.165) is 10.5 Å². The molecule has 0 saturated carbocycles. The second-order valence-electron chi connectivity index (χ2n) is 10.8. The normalized spacial score (nSPS) is 25.4. The molecule has 2 N–H and O–H groups in total. The number of nitrogens with zero attached hydrogens (tertiary/aromatic N) is 1. The summed E-state index contributed by atoms with van der Waals surface area (Å²) in [5.74, 6) is -5.09. The molecule has 0 spiro atoms. The number of phenolic OH excluding ortho intramolecular Hbond substituents is 1. The van der Waals surface area contributed by atoms with Gasteiger partial charge in [-0.2, -0.15) is 0 Å². The molecular weight excluding hydrogens is 526 g/mol. The highest BCUT2D eigenvalue weighted by Gasteiger charge is 2.56. The number of fused-ring (bicyclic) bond motifs is 3. The van der Waals surface area contributed by atoms with Gasteiger partial charge in [0, 0.05) is 22.6 Å². The highest BCUT2D eigenvalue weighted by atomic mass is 16.5. The number of hydrogen-bond acceptors (Lipinski definition) is 7. The molecule has 6 rings (SSSR count). The first kappa shape index (κ1) is 26.4. The smallest absolute Gasteiger partial charge is 0.335 e. The van der Waals surface area contributed by atoms with E-state index in [0.29, 0.717) is 28.9 Å². The lowest BCUT2D eigenvalue weighted by atomic mass is 9.59. The van der Waals surface area contributed by atoms with Crippen LogP contribution in [0.3, 0.4) is 0 Å². The number of carboxylic acids is 1. The second-order valence-corrected chi connectivity index (χ2v) is 10.8. The van der Waals surface area contributed by atoms with Gasteiger partial charge in [-0.25, -0.2) is 4.79 Å². The number of ether oxygens (including phenoxy) is 1. The Hall–Kier alpha value is -4.79. The molecule has 2 aromatic rings. The Morgan fingerprint density at radius 2 is 1.83 bits per heavy atom. The molecule has 41 heavy (non-hydrogen) atoms. The summed E-state index contributed by atoms with van der Waals surface area (Å²) >= 11 is 0. The minimum absolute atomic E-state index is 0.0461. The number of Topliss-reactive ketones (excluding diaryl/α,β-unsaturated/α-hetero) is 1. The molecular formula is C32H27NO8. The maximum absolute atomic E-state index is 14.0. The molecule has 0 bridgehead atoms. The van der Waals surface area contributed by atoms with Crippen LogP contribution in [0.1, 0.15) is 48.5 Å². The van der Waals surface area contributed by atoms with Crippen molar-refractivity contribution in [2.24, 2.45) is 17.8 Å². The topological polar surface area (TPSA) is 138 Å². The largest absolute Gasteiger partial charge is 0.504 e. The minimum atomic E-state index is -1.17. The van der Waals surface area contributed by atoms with Crippen molar-refractivity contribution in [2.45, 2.75) is 32.6 Å². The second kappa shape index (κ2) is 9.69. The zero-order chi connectivity index (χ0) is 29.2. The minimum Gasteiger partial charge on any atom is -0.504 e. The number of aromatic carboxylic acids is 1. The van der Waals surface area contributed by atoms with Crippen molar-refractivity contribution < 1.29 is 38.9 Å². The van der Waals surface area contributed by atoms with Gasteiger partial charge in [0.25, 0.3) is 0 Å². The van der Waals surface area contributed by atoms with Crippen molar-refractivity contribution in [1.82, 2.24) is 0 Å². The predicted octanol–water partition coefficient (Wildman–Crippen LogP) is 4.12. The van der Waals surface area contributed by atoms with Crippen LogP contribution in [0.2, 0.25) is 0 Å². The number of rotatable bonds is 5. The van der Waals surface area contributed by atoms with Crippen molar-refractivity contribution in [1.29, 1.82) is 0 Å². The van der Waals surface area contributed by atoms with Crippen molar-refractivity contribution in [2.75, 3.05) is 11.5 Å². The van der Waals surface area contributed by atoms with Gasteiger partial charge >= 0.3 is 5.97 Å². The van der Waals surface area contributed by atoms with Crippen LogP contribution in [0.5, 0.6) is 11.5 Å². The van der Waals surface area contributed by atoms with Crippen LogP contribution >= 0.6 is 0 Å². The van der Waals surface area contributed by atoms with Gasteiger partial charge in [0.2, 0.25) is 11.8 Å². The molecule has 4 aliphatic rings. The number of amides is 2. The lowest BCUT2D eigenvalue weighted by molar-refractivity contribution is -0.123. The highest BCUT2D eigenvalue weighted by Crippen LogP contribution is 2.56. The van der Waals surface area contributed by atoms with E-state index in [2.05, 4.69) is 0 Å². The molecule has 1 saturated heterocycles. The molecule has 4 atom stereocenters. The third-order valence-corrected chi connectivity index (χ3v) is 8.53. The van der Waals surface area contributed by atoms with Gasteiger partial charge < -0.3 is 14.9 Å². The van der Waals surface area contributed by atoms with E-state index in [9.17, 15) is 34.2 Å². The van der Waals surface area contributed by atoms with E-state index in [1.807, 2.05) is 6.08 Å². The molecule has 1 fully saturated rings. The maximum atomic E-state index is 14.0. The molecule has 2 amide bonds. The highest BCUT2D eigenvalue weighted by molar-refractivity contribution is 6.25. The molecule has 0 aromatic heterocycles. The number of allylic oxidation sites excluding steroid dienone is 6. The van der Waals surface area contributed by atoms with Gasteiger partial charge in [-0.15, -0.1) is 0 Å². The van der Waals surface area contributed by atoms with Crippen molar-refractivity contribution in [3.63, 3.8) is 0 Å². The zero-order valence-corrected chi connectivity index (χ0v) is 22.4. The van der Waals surface area contributed by atoms with Crippen LogP contribution in [-0.2, 0) is 19.2 Å². The first-order chi connectivity index (χ1) is 19.6. The van der Waals surface area contributed by atoms with Gasteiger partial charge in [-0.1, -0.05) is 23.8 Å². The molecule has 3 aliphatic carbocycles. The van der Waals surface area contributed by atoms with Crippen LogP contribution in [0, 0.1) is 17.8 Å². The monoisotopic (exact) mass is 553 g/mol. The fraction of sp³-hybridized carbons (Fsp3) is 0.281. The third kappa shape index (κ3) is 4.03. The van der Waals surface area contributed by atoms with Crippen molar-refractivity contribution in [3.05, 3.63) is 88.0 Å². The number of hydrogen-bond donors (Lipinski definition) is 2. The third-order valence-electron chi connectivity index (χ3n) is 8.53. The number of benzene rings is 2. The van der Waals surface area contributed by atoms with E-state index in [-0.39, 0.29) is 47.2 Å². The number of carbonyl (C=O) groups excluding carboxylic acids is 4. The van der Waals surface area contributed by atoms with Gasteiger partial charge in [0.1, 0.15) is 0 Å². The summed E-state index contributed by atoms with van der Waals surface area (Å²) in [6, 6.07) is 10.5. The Kier molecular flexibility index (Phi) is 6.25. The van der Waals surface area contributed by atoms with Crippen LogP contribution in [0.15, 0.2) is 76.9 Å². The molecule has 1 aliphatic heterocycles. The Balaban J connectivity index is 1.47. The number of anilines is 1. The fourth-order valence-electron chi connectivity index (χ4n) is 6.75. The molecule has 0 radical (unpaired) electrons. The quantitative estimate of drug-likeness (QED) is 0.320. The number of imide groups is 1. The maximum Gasteiger partial charge on any atom is 0.335 e. The van der Waals surface area contributed by atoms with E-state index < -0.39 is 41.5 Å². The average molecular weight is 554 g/mol. The fourth-order valence-corrected chi connectivity index (χ4v) is 6.75. The lowest BCUT2D eigenvalue weighted by Crippen LogP contribution is -2.39. The summed E-state index contributed by atoms with van der Waals surface area (Å²) in [6.45, 7) is 3.69. The molecule has 9 heteroatoms. The van der Waals surface area contributed by atoms with Gasteiger partial charge in [-0.3, -0.25) is 24.1 Å². The average Bonchev–Trinajstić information content (AvgIpc) is 3.21. The Labute approximate surface area is 235 Å². The summed E-state index contributed by atoms with van der Waals surface area (Å²) in [5.41, 5.74) is 2.55. The van der Waals surface area contributed by atoms with Gasteiger partial charge in [-0.05, 0) is 74.6 Å². The van der Waals surface area contributed by atoms with E-state index >= 15 is 0 Å². The van der Waals surface area contributed by atoms with Crippen LogP contribution in [0.25, 0.3) is 0 Å². The van der Waals surface area contributed by atoms with E-state index in [1.54, 1.807) is 26.0 Å².